The summed E-state index contributed by atoms with van der Waals surface area (Å²) in [4.78, 5) is 32.2. The van der Waals surface area contributed by atoms with Crippen LogP contribution in [0.15, 0.2) is 71.3 Å². The van der Waals surface area contributed by atoms with Crippen LogP contribution in [0.1, 0.15) is 21.7 Å². The maximum atomic E-state index is 13.2. The van der Waals surface area contributed by atoms with Gasteiger partial charge in [0.05, 0.1) is 16.5 Å². The van der Waals surface area contributed by atoms with Crippen molar-refractivity contribution in [3.8, 4) is 0 Å². The number of benzene rings is 2. The Morgan fingerprint density at radius 1 is 1.03 bits per heavy atom. The highest BCUT2D eigenvalue weighted by Crippen LogP contribution is 2.28. The number of carbonyl (C=O) groups is 2. The number of furan rings is 1. The van der Waals surface area contributed by atoms with E-state index in [1.54, 1.807) is 17.0 Å². The van der Waals surface area contributed by atoms with Gasteiger partial charge in [-0.05, 0) is 35.4 Å². The largest absolute Gasteiger partial charge is 0.459 e. The van der Waals surface area contributed by atoms with Crippen LogP contribution < -0.4 is 5.32 Å². The summed E-state index contributed by atoms with van der Waals surface area (Å²) >= 11 is 1.42. The summed E-state index contributed by atoms with van der Waals surface area (Å²) < 4.78 is 6.29. The van der Waals surface area contributed by atoms with E-state index in [4.69, 9.17) is 4.42 Å². The first-order valence-corrected chi connectivity index (χ1v) is 10.1. The molecule has 7 heteroatoms. The Morgan fingerprint density at radius 3 is 2.62 bits per heavy atom. The maximum Gasteiger partial charge on any atom is 0.290 e. The number of fused-ring (bicyclic) bond motifs is 2. The minimum atomic E-state index is -0.644. The van der Waals surface area contributed by atoms with Gasteiger partial charge in [0.15, 0.2) is 10.9 Å². The molecule has 5 rings (SSSR count). The number of para-hydroxylation sites is 1. The molecule has 0 aliphatic carbocycles. The predicted octanol–water partition coefficient (Wildman–Crippen LogP) is 4.10. The molecule has 29 heavy (non-hydrogen) atoms. The predicted molar refractivity (Wildman–Crippen MR) is 111 cm³/mol. The van der Waals surface area contributed by atoms with Gasteiger partial charge in [0, 0.05) is 13.0 Å². The molecule has 144 valence electrons. The molecule has 1 aliphatic rings. The molecule has 2 aromatic carbocycles. The molecule has 2 amide bonds. The number of amides is 2. The summed E-state index contributed by atoms with van der Waals surface area (Å²) in [6.07, 6.45) is 1.90. The summed E-state index contributed by atoms with van der Waals surface area (Å²) in [6.45, 7) is 0.355. The van der Waals surface area contributed by atoms with E-state index >= 15 is 0 Å². The van der Waals surface area contributed by atoms with Crippen LogP contribution in [-0.2, 0) is 17.8 Å². The molecule has 6 nitrogen and oxygen atoms in total. The lowest BCUT2D eigenvalue weighted by Gasteiger charge is -2.35. The highest BCUT2D eigenvalue weighted by atomic mass is 32.1. The van der Waals surface area contributed by atoms with Crippen molar-refractivity contribution in [3.63, 3.8) is 0 Å². The fourth-order valence-corrected chi connectivity index (χ4v) is 4.50. The summed E-state index contributed by atoms with van der Waals surface area (Å²) in [6, 6.07) is 18.2. The van der Waals surface area contributed by atoms with E-state index in [0.29, 0.717) is 18.1 Å². The van der Waals surface area contributed by atoms with Gasteiger partial charge in [0.25, 0.3) is 5.91 Å². The van der Waals surface area contributed by atoms with E-state index in [1.807, 2.05) is 48.5 Å². The number of hydrogen-bond acceptors (Lipinski definition) is 5. The SMILES string of the molecule is O=C(Nc1nc2ccccc2s1)C1Cc2ccccc2CN1C(=O)c1ccco1. The minimum absolute atomic E-state index is 0.224. The Bertz CT molecular complexity index is 1170. The maximum absolute atomic E-state index is 13.2. The van der Waals surface area contributed by atoms with Gasteiger partial charge in [-0.25, -0.2) is 4.98 Å². The average Bonchev–Trinajstić information content (AvgIpc) is 3.41. The molecule has 3 heterocycles. The lowest BCUT2D eigenvalue weighted by molar-refractivity contribution is -0.121. The highest BCUT2D eigenvalue weighted by molar-refractivity contribution is 7.22. The monoisotopic (exact) mass is 403 g/mol. The van der Waals surface area contributed by atoms with Gasteiger partial charge in [-0.1, -0.05) is 47.7 Å². The first-order valence-electron chi connectivity index (χ1n) is 9.27. The number of nitrogens with zero attached hydrogens (tertiary/aromatic N) is 2. The number of hydrogen-bond donors (Lipinski definition) is 1. The second-order valence-electron chi connectivity index (χ2n) is 6.87. The van der Waals surface area contributed by atoms with Gasteiger partial charge < -0.3 is 14.6 Å². The molecule has 0 radical (unpaired) electrons. The van der Waals surface area contributed by atoms with Crippen LogP contribution in [0, 0.1) is 0 Å². The molecule has 2 aromatic heterocycles. The number of thiazole rings is 1. The van der Waals surface area contributed by atoms with Gasteiger partial charge in [-0.3, -0.25) is 9.59 Å². The van der Waals surface area contributed by atoms with Crippen LogP contribution >= 0.6 is 11.3 Å². The van der Waals surface area contributed by atoms with Crippen LogP contribution in [-0.4, -0.2) is 27.7 Å². The van der Waals surface area contributed by atoms with Crippen LogP contribution in [0.5, 0.6) is 0 Å². The normalized spacial score (nSPS) is 15.9. The zero-order valence-electron chi connectivity index (χ0n) is 15.4. The molecule has 1 N–H and O–H groups in total. The second-order valence-corrected chi connectivity index (χ2v) is 7.91. The third-order valence-corrected chi connectivity index (χ3v) is 6.02. The molecule has 0 fully saturated rings. The van der Waals surface area contributed by atoms with Crippen molar-refractivity contribution in [2.45, 2.75) is 19.0 Å². The Labute approximate surface area is 170 Å². The molecule has 0 spiro atoms. The standard InChI is InChI=1S/C22H17N3O3S/c26-20(24-22-23-16-8-3-4-10-19(16)29-22)17-12-14-6-1-2-7-15(14)13-25(17)21(27)18-9-5-11-28-18/h1-11,17H,12-13H2,(H,23,24,26). The fourth-order valence-electron chi connectivity index (χ4n) is 3.63. The van der Waals surface area contributed by atoms with Gasteiger partial charge in [-0.15, -0.1) is 0 Å². The molecule has 0 saturated heterocycles. The molecule has 1 aliphatic heterocycles. The summed E-state index contributed by atoms with van der Waals surface area (Å²) in [5.41, 5.74) is 2.95. The van der Waals surface area contributed by atoms with Gasteiger partial charge >= 0.3 is 0 Å². The van der Waals surface area contributed by atoms with Crippen molar-refractivity contribution in [2.75, 3.05) is 5.32 Å². The molecule has 0 bridgehead atoms. The Morgan fingerprint density at radius 2 is 1.83 bits per heavy atom. The Kier molecular flexibility index (Phi) is 4.37. The number of rotatable bonds is 3. The third kappa shape index (κ3) is 3.30. The number of aromatic nitrogens is 1. The zero-order chi connectivity index (χ0) is 19.8. The quantitative estimate of drug-likeness (QED) is 0.559. The van der Waals surface area contributed by atoms with E-state index in [-0.39, 0.29) is 17.6 Å². The van der Waals surface area contributed by atoms with Gasteiger partial charge in [0.2, 0.25) is 5.91 Å². The number of carbonyl (C=O) groups excluding carboxylic acids is 2. The van der Waals surface area contributed by atoms with Crippen LogP contribution in [0.4, 0.5) is 5.13 Å². The van der Waals surface area contributed by atoms with E-state index < -0.39 is 6.04 Å². The highest BCUT2D eigenvalue weighted by Gasteiger charge is 2.36. The molecule has 1 unspecified atom stereocenters. The van der Waals surface area contributed by atoms with Gasteiger partial charge in [0.1, 0.15) is 6.04 Å². The number of nitrogens with one attached hydrogen (secondary N) is 1. The molecule has 0 saturated carbocycles. The Hall–Kier alpha value is -3.45. The van der Waals surface area contributed by atoms with Crippen LogP contribution in [0.2, 0.25) is 0 Å². The summed E-state index contributed by atoms with van der Waals surface area (Å²) in [5, 5.41) is 3.43. The summed E-state index contributed by atoms with van der Waals surface area (Å²) in [5.74, 6) is -0.324. The van der Waals surface area contributed by atoms with E-state index in [0.717, 1.165) is 21.3 Å². The first-order chi connectivity index (χ1) is 14.2. The van der Waals surface area contributed by atoms with Crippen molar-refractivity contribution in [3.05, 3.63) is 83.8 Å². The first kappa shape index (κ1) is 17.6. The van der Waals surface area contributed by atoms with E-state index in [9.17, 15) is 9.59 Å². The van der Waals surface area contributed by atoms with Crippen molar-refractivity contribution < 1.29 is 14.0 Å². The Balaban J connectivity index is 1.46. The lowest BCUT2D eigenvalue weighted by Crippen LogP contribution is -2.50. The molecule has 1 atom stereocenters. The zero-order valence-corrected chi connectivity index (χ0v) is 16.2. The van der Waals surface area contributed by atoms with Crippen LogP contribution in [0.3, 0.4) is 0 Å². The summed E-state index contributed by atoms with van der Waals surface area (Å²) in [7, 11) is 0. The fraction of sp³-hybridized carbons (Fsp3) is 0.136. The van der Waals surface area contributed by atoms with Crippen molar-refractivity contribution in [2.24, 2.45) is 0 Å². The van der Waals surface area contributed by atoms with E-state index in [1.165, 1.54) is 17.6 Å². The third-order valence-electron chi connectivity index (χ3n) is 5.07. The van der Waals surface area contributed by atoms with Crippen LogP contribution in [0.25, 0.3) is 10.2 Å². The lowest BCUT2D eigenvalue weighted by atomic mass is 9.93. The molecular weight excluding hydrogens is 386 g/mol. The molecule has 4 aromatic rings. The minimum Gasteiger partial charge on any atom is -0.459 e. The molecular formula is C22H17N3O3S. The number of anilines is 1. The van der Waals surface area contributed by atoms with Gasteiger partial charge in [-0.2, -0.15) is 0 Å². The van der Waals surface area contributed by atoms with Crippen molar-refractivity contribution in [1.82, 2.24) is 9.88 Å². The van der Waals surface area contributed by atoms with E-state index in [2.05, 4.69) is 10.3 Å². The second kappa shape index (κ2) is 7.18. The smallest absolute Gasteiger partial charge is 0.290 e. The van der Waals surface area contributed by atoms with Crippen molar-refractivity contribution in [1.29, 1.82) is 0 Å². The van der Waals surface area contributed by atoms with Crippen molar-refractivity contribution >= 4 is 38.5 Å². The average molecular weight is 403 g/mol. The topological polar surface area (TPSA) is 75.4 Å².